The lowest BCUT2D eigenvalue weighted by molar-refractivity contribution is -0.125. The Kier molecular flexibility index (Phi) is 4.89. The van der Waals surface area contributed by atoms with Crippen molar-refractivity contribution in [1.82, 2.24) is 10.2 Å². The van der Waals surface area contributed by atoms with Crippen LogP contribution in [0.5, 0.6) is 0 Å². The van der Waals surface area contributed by atoms with Gasteiger partial charge in [0.25, 0.3) is 0 Å². The maximum Gasteiger partial charge on any atom is 0.324 e. The largest absolute Gasteiger partial charge is 0.329 e. The average molecular weight is 335 g/mol. The number of carbonyl (C=O) groups is 3. The zero-order valence-corrected chi connectivity index (χ0v) is 13.4. The van der Waals surface area contributed by atoms with E-state index in [4.69, 9.17) is 0 Å². The Morgan fingerprint density at radius 1 is 1.12 bits per heavy atom. The van der Waals surface area contributed by atoms with Gasteiger partial charge in [0.2, 0.25) is 11.8 Å². The minimum Gasteiger partial charge on any atom is -0.329 e. The molecule has 1 aliphatic rings. The molecule has 0 bridgehead atoms. The highest BCUT2D eigenvalue weighted by Crippen LogP contribution is 2.14. The fraction of sp³-hybridized carbons (Fsp3) is 0.105. The van der Waals surface area contributed by atoms with Crippen molar-refractivity contribution in [2.45, 2.75) is 6.54 Å². The first-order valence-corrected chi connectivity index (χ1v) is 7.83. The van der Waals surface area contributed by atoms with Crippen molar-refractivity contribution in [1.29, 1.82) is 0 Å². The standard InChI is InChI=1S/C19H17N3O3/c23-17(10-9-14-5-2-1-3-6-14)21-16-8-4-7-15(11-16)13-22-18(24)12-20-19(22)25/h1-11H,12-13H2,(H,20,25)(H,21,23)/b10-9+. The molecule has 0 spiro atoms. The second-order valence-electron chi connectivity index (χ2n) is 5.57. The summed E-state index contributed by atoms with van der Waals surface area (Å²) in [5.41, 5.74) is 2.30. The van der Waals surface area contributed by atoms with Gasteiger partial charge in [0.1, 0.15) is 0 Å². The maximum absolute atomic E-state index is 12.0. The minimum absolute atomic E-state index is 0.0273. The van der Waals surface area contributed by atoms with E-state index in [1.54, 1.807) is 30.3 Å². The lowest BCUT2D eigenvalue weighted by Crippen LogP contribution is -2.30. The van der Waals surface area contributed by atoms with Gasteiger partial charge in [-0.25, -0.2) is 4.79 Å². The monoisotopic (exact) mass is 335 g/mol. The second-order valence-corrected chi connectivity index (χ2v) is 5.57. The number of nitrogens with one attached hydrogen (secondary N) is 2. The normalized spacial score (nSPS) is 14.0. The SMILES string of the molecule is O=C(/C=C/c1ccccc1)Nc1cccc(CN2C(=O)CNC2=O)c1. The van der Waals surface area contributed by atoms with Crippen molar-refractivity contribution in [3.63, 3.8) is 0 Å². The molecule has 126 valence electrons. The molecule has 0 aliphatic carbocycles. The van der Waals surface area contributed by atoms with Crippen LogP contribution in [-0.2, 0) is 16.1 Å². The van der Waals surface area contributed by atoms with Gasteiger partial charge in [-0.3, -0.25) is 14.5 Å². The van der Waals surface area contributed by atoms with Crippen LogP contribution < -0.4 is 10.6 Å². The number of benzene rings is 2. The summed E-state index contributed by atoms with van der Waals surface area (Å²) >= 11 is 0. The number of rotatable bonds is 5. The highest BCUT2D eigenvalue weighted by molar-refractivity contribution is 6.02. The van der Waals surface area contributed by atoms with Crippen LogP contribution in [0.1, 0.15) is 11.1 Å². The van der Waals surface area contributed by atoms with Gasteiger partial charge in [0.05, 0.1) is 13.1 Å². The fourth-order valence-corrected chi connectivity index (χ4v) is 2.47. The Labute approximate surface area is 145 Å². The van der Waals surface area contributed by atoms with Crippen LogP contribution >= 0.6 is 0 Å². The summed E-state index contributed by atoms with van der Waals surface area (Å²) < 4.78 is 0. The van der Waals surface area contributed by atoms with Crippen molar-refractivity contribution in [3.05, 3.63) is 71.8 Å². The van der Waals surface area contributed by atoms with Crippen LogP contribution in [0.4, 0.5) is 10.5 Å². The van der Waals surface area contributed by atoms with Crippen LogP contribution in [0.15, 0.2) is 60.7 Å². The number of hydrogen-bond acceptors (Lipinski definition) is 3. The zero-order chi connectivity index (χ0) is 17.6. The second kappa shape index (κ2) is 7.44. The molecule has 2 aromatic carbocycles. The van der Waals surface area contributed by atoms with Crippen LogP contribution in [-0.4, -0.2) is 29.3 Å². The third kappa shape index (κ3) is 4.32. The van der Waals surface area contributed by atoms with Gasteiger partial charge < -0.3 is 10.6 Å². The van der Waals surface area contributed by atoms with E-state index < -0.39 is 6.03 Å². The molecular weight excluding hydrogens is 318 g/mol. The van der Waals surface area contributed by atoms with Gasteiger partial charge in [-0.2, -0.15) is 0 Å². The summed E-state index contributed by atoms with van der Waals surface area (Å²) in [6.45, 7) is 0.202. The highest BCUT2D eigenvalue weighted by atomic mass is 16.2. The summed E-state index contributed by atoms with van der Waals surface area (Å²) in [5, 5.41) is 5.25. The van der Waals surface area contributed by atoms with E-state index in [9.17, 15) is 14.4 Å². The third-order valence-corrected chi connectivity index (χ3v) is 3.70. The van der Waals surface area contributed by atoms with E-state index >= 15 is 0 Å². The number of imide groups is 1. The van der Waals surface area contributed by atoms with Crippen LogP contribution in [0.2, 0.25) is 0 Å². The molecule has 1 saturated heterocycles. The fourth-order valence-electron chi connectivity index (χ4n) is 2.47. The molecular formula is C19H17N3O3. The molecule has 0 saturated carbocycles. The van der Waals surface area contributed by atoms with E-state index in [0.717, 1.165) is 16.0 Å². The first-order valence-electron chi connectivity index (χ1n) is 7.83. The van der Waals surface area contributed by atoms with Gasteiger partial charge in [0.15, 0.2) is 0 Å². The molecule has 6 heteroatoms. The van der Waals surface area contributed by atoms with E-state index in [1.165, 1.54) is 6.08 Å². The van der Waals surface area contributed by atoms with Gasteiger partial charge in [0, 0.05) is 11.8 Å². The maximum atomic E-state index is 12.0. The molecule has 1 heterocycles. The van der Waals surface area contributed by atoms with Gasteiger partial charge in [-0.1, -0.05) is 42.5 Å². The number of urea groups is 1. The summed E-state index contributed by atoms with van der Waals surface area (Å²) in [7, 11) is 0. The third-order valence-electron chi connectivity index (χ3n) is 3.70. The molecule has 2 N–H and O–H groups in total. The Hall–Kier alpha value is -3.41. The smallest absolute Gasteiger partial charge is 0.324 e. The predicted molar refractivity (Wildman–Crippen MR) is 94.5 cm³/mol. The number of nitrogens with zero attached hydrogens (tertiary/aromatic N) is 1. The molecule has 6 nitrogen and oxygen atoms in total. The molecule has 2 aromatic rings. The van der Waals surface area contributed by atoms with Gasteiger partial charge in [-0.15, -0.1) is 0 Å². The van der Waals surface area contributed by atoms with Crippen molar-refractivity contribution < 1.29 is 14.4 Å². The van der Waals surface area contributed by atoms with Crippen LogP contribution in [0.25, 0.3) is 6.08 Å². The van der Waals surface area contributed by atoms with Crippen molar-refractivity contribution in [3.8, 4) is 0 Å². The van der Waals surface area contributed by atoms with Gasteiger partial charge >= 0.3 is 6.03 Å². The molecule has 1 aliphatic heterocycles. The molecule has 25 heavy (non-hydrogen) atoms. The summed E-state index contributed by atoms with van der Waals surface area (Å²) in [4.78, 5) is 36.4. The average Bonchev–Trinajstić information content (AvgIpc) is 2.93. The highest BCUT2D eigenvalue weighted by Gasteiger charge is 2.28. The molecule has 0 atom stereocenters. The van der Waals surface area contributed by atoms with E-state index in [0.29, 0.717) is 5.69 Å². The number of carbonyl (C=O) groups excluding carboxylic acids is 3. The molecule has 4 amide bonds. The molecule has 0 radical (unpaired) electrons. The van der Waals surface area contributed by atoms with Crippen LogP contribution in [0, 0.1) is 0 Å². The summed E-state index contributed by atoms with van der Waals surface area (Å²) in [6, 6.07) is 16.2. The van der Waals surface area contributed by atoms with Gasteiger partial charge in [-0.05, 0) is 29.3 Å². The lowest BCUT2D eigenvalue weighted by Gasteiger charge is -2.13. The van der Waals surface area contributed by atoms with Crippen molar-refractivity contribution >= 4 is 29.6 Å². The van der Waals surface area contributed by atoms with Crippen molar-refractivity contribution in [2.75, 3.05) is 11.9 Å². The predicted octanol–water partition coefficient (Wildman–Crippen LogP) is 2.39. The molecule has 1 fully saturated rings. The Morgan fingerprint density at radius 2 is 1.92 bits per heavy atom. The molecule has 3 rings (SSSR count). The van der Waals surface area contributed by atoms with Crippen molar-refractivity contribution in [2.24, 2.45) is 0 Å². The lowest BCUT2D eigenvalue weighted by atomic mass is 10.2. The number of anilines is 1. The van der Waals surface area contributed by atoms with E-state index in [2.05, 4.69) is 10.6 Å². The molecule has 0 unspecified atom stereocenters. The first kappa shape index (κ1) is 16.4. The van der Waals surface area contributed by atoms with Crippen LogP contribution in [0.3, 0.4) is 0 Å². The summed E-state index contributed by atoms with van der Waals surface area (Å²) in [6.07, 6.45) is 3.19. The number of amides is 4. The van der Waals surface area contributed by atoms with E-state index in [-0.39, 0.29) is 24.9 Å². The topological polar surface area (TPSA) is 78.5 Å². The molecule has 0 aromatic heterocycles. The zero-order valence-electron chi connectivity index (χ0n) is 13.4. The van der Waals surface area contributed by atoms with E-state index in [1.807, 2.05) is 30.3 Å². The first-order chi connectivity index (χ1) is 12.1. The quantitative estimate of drug-likeness (QED) is 0.650. The Bertz CT molecular complexity index is 815. The Morgan fingerprint density at radius 3 is 2.64 bits per heavy atom. The Balaban J connectivity index is 1.63. The summed E-state index contributed by atoms with van der Waals surface area (Å²) in [5.74, 6) is -0.513. The minimum atomic E-state index is -0.398. The number of hydrogen-bond donors (Lipinski definition) is 2.